The van der Waals surface area contributed by atoms with Crippen LogP contribution in [0.1, 0.15) is 27.2 Å². The third kappa shape index (κ3) is 4.08. The highest BCUT2D eigenvalue weighted by Gasteiger charge is 2.28. The van der Waals surface area contributed by atoms with Gasteiger partial charge in [-0.05, 0) is 5.92 Å². The van der Waals surface area contributed by atoms with E-state index in [-0.39, 0.29) is 11.9 Å². The lowest BCUT2D eigenvalue weighted by molar-refractivity contribution is -0.140. The van der Waals surface area contributed by atoms with Gasteiger partial charge in [-0.1, -0.05) is 27.2 Å². The lowest BCUT2D eigenvalue weighted by Crippen LogP contribution is -2.53. The van der Waals surface area contributed by atoms with Gasteiger partial charge in [-0.2, -0.15) is 11.8 Å². The topological polar surface area (TPSA) is 69.6 Å². The van der Waals surface area contributed by atoms with Gasteiger partial charge < -0.3 is 15.3 Å². The average Bonchev–Trinajstić information content (AvgIpc) is 2.34. The normalized spacial score (nSPS) is 23.3. The van der Waals surface area contributed by atoms with E-state index in [9.17, 15) is 9.59 Å². The number of rotatable bonds is 4. The van der Waals surface area contributed by atoms with Gasteiger partial charge in [0, 0.05) is 24.1 Å². The van der Waals surface area contributed by atoms with Gasteiger partial charge >= 0.3 is 12.0 Å². The number of urea groups is 1. The van der Waals surface area contributed by atoms with Crippen LogP contribution in [0, 0.1) is 5.92 Å². The number of hydrogen-bond donors (Lipinski definition) is 2. The highest BCUT2D eigenvalue weighted by Crippen LogP contribution is 2.18. The Kier molecular flexibility index (Phi) is 5.78. The molecule has 104 valence electrons. The molecule has 1 saturated heterocycles. The highest BCUT2D eigenvalue weighted by atomic mass is 32.2. The van der Waals surface area contributed by atoms with Crippen LogP contribution in [-0.2, 0) is 4.79 Å². The minimum absolute atomic E-state index is 0.0666. The number of nitrogens with zero attached hydrogens (tertiary/aromatic N) is 1. The van der Waals surface area contributed by atoms with Crippen molar-refractivity contribution in [3.63, 3.8) is 0 Å². The van der Waals surface area contributed by atoms with Gasteiger partial charge in [0.2, 0.25) is 0 Å². The molecule has 1 heterocycles. The van der Waals surface area contributed by atoms with E-state index in [4.69, 9.17) is 5.11 Å². The number of carboxylic acids is 1. The van der Waals surface area contributed by atoms with E-state index in [1.807, 2.05) is 25.6 Å². The van der Waals surface area contributed by atoms with Crippen LogP contribution >= 0.6 is 11.8 Å². The molecule has 2 amide bonds. The first-order valence-corrected chi connectivity index (χ1v) is 7.40. The number of carboxylic acid groups (broad SMARTS) is 1. The second-order valence-corrected chi connectivity index (χ2v) is 6.32. The molecule has 2 N–H and O–H groups in total. The number of amides is 2. The van der Waals surface area contributed by atoms with Crippen LogP contribution in [0.3, 0.4) is 0 Å². The van der Waals surface area contributed by atoms with E-state index in [1.165, 1.54) is 0 Å². The van der Waals surface area contributed by atoms with Crippen molar-refractivity contribution in [3.05, 3.63) is 0 Å². The Balaban J connectivity index is 2.58. The van der Waals surface area contributed by atoms with Gasteiger partial charge in [-0.3, -0.25) is 0 Å². The van der Waals surface area contributed by atoms with Crippen LogP contribution < -0.4 is 5.32 Å². The van der Waals surface area contributed by atoms with Crippen LogP contribution in [0.5, 0.6) is 0 Å². The zero-order valence-electron chi connectivity index (χ0n) is 11.2. The lowest BCUT2D eigenvalue weighted by Gasteiger charge is -2.32. The fourth-order valence-electron chi connectivity index (χ4n) is 1.91. The van der Waals surface area contributed by atoms with Gasteiger partial charge in [-0.25, -0.2) is 9.59 Å². The Bertz CT molecular complexity index is 312. The molecule has 0 saturated carbocycles. The Labute approximate surface area is 112 Å². The van der Waals surface area contributed by atoms with Crippen LogP contribution in [0.4, 0.5) is 4.79 Å². The van der Waals surface area contributed by atoms with Crippen LogP contribution in [0.2, 0.25) is 0 Å². The van der Waals surface area contributed by atoms with E-state index in [1.54, 1.807) is 4.90 Å². The van der Waals surface area contributed by atoms with Crippen molar-refractivity contribution in [2.45, 2.75) is 38.5 Å². The number of aliphatic carboxylic acids is 1. The van der Waals surface area contributed by atoms with E-state index < -0.39 is 12.0 Å². The van der Waals surface area contributed by atoms with Gasteiger partial charge in [-0.15, -0.1) is 0 Å². The molecule has 0 bridgehead atoms. The fourth-order valence-corrected chi connectivity index (χ4v) is 2.92. The van der Waals surface area contributed by atoms with Gasteiger partial charge in [0.25, 0.3) is 0 Å². The van der Waals surface area contributed by atoms with Crippen molar-refractivity contribution in [1.29, 1.82) is 0 Å². The predicted octanol–water partition coefficient (Wildman–Crippen LogP) is 1.63. The van der Waals surface area contributed by atoms with Gasteiger partial charge in [0.05, 0.1) is 0 Å². The Morgan fingerprint density at radius 3 is 2.72 bits per heavy atom. The first kappa shape index (κ1) is 15.1. The zero-order valence-corrected chi connectivity index (χ0v) is 12.0. The summed E-state index contributed by atoms with van der Waals surface area (Å²) >= 11 is 1.84. The largest absolute Gasteiger partial charge is 0.480 e. The first-order valence-electron chi connectivity index (χ1n) is 6.35. The molecule has 0 radical (unpaired) electrons. The maximum absolute atomic E-state index is 12.0. The lowest BCUT2D eigenvalue weighted by atomic mass is 9.99. The molecule has 18 heavy (non-hydrogen) atoms. The standard InChI is InChI=1S/C12H22N2O3S/c1-4-8(2)10(11(15)16)13-12(17)14-5-6-18-9(3)7-14/h8-10H,4-7H2,1-3H3,(H,13,17)(H,15,16). The Morgan fingerprint density at radius 1 is 1.56 bits per heavy atom. The molecule has 1 aliphatic rings. The maximum Gasteiger partial charge on any atom is 0.326 e. The summed E-state index contributed by atoms with van der Waals surface area (Å²) in [5.41, 5.74) is 0. The molecule has 6 heteroatoms. The van der Waals surface area contributed by atoms with E-state index >= 15 is 0 Å². The summed E-state index contributed by atoms with van der Waals surface area (Å²) in [4.78, 5) is 24.9. The molecule has 0 spiro atoms. The van der Waals surface area contributed by atoms with Crippen molar-refractivity contribution in [3.8, 4) is 0 Å². The second kappa shape index (κ2) is 6.87. The molecule has 1 rings (SSSR count). The molecule has 1 aliphatic heterocycles. The summed E-state index contributed by atoms with van der Waals surface area (Å²) in [6, 6.07) is -1.05. The second-order valence-electron chi connectivity index (χ2n) is 4.78. The average molecular weight is 274 g/mol. The number of hydrogen-bond acceptors (Lipinski definition) is 3. The minimum Gasteiger partial charge on any atom is -0.480 e. The monoisotopic (exact) mass is 274 g/mol. The summed E-state index contributed by atoms with van der Waals surface area (Å²) in [5, 5.41) is 12.2. The third-order valence-corrected chi connectivity index (χ3v) is 4.42. The molecule has 0 aromatic carbocycles. The smallest absolute Gasteiger partial charge is 0.326 e. The predicted molar refractivity (Wildman–Crippen MR) is 72.9 cm³/mol. The first-order chi connectivity index (χ1) is 8.45. The minimum atomic E-state index is -0.961. The molecule has 0 aromatic rings. The highest BCUT2D eigenvalue weighted by molar-refractivity contribution is 7.99. The Hall–Kier alpha value is -0.910. The molecular weight excluding hydrogens is 252 g/mol. The van der Waals surface area contributed by atoms with E-state index in [2.05, 4.69) is 12.2 Å². The van der Waals surface area contributed by atoms with Crippen molar-refractivity contribution < 1.29 is 14.7 Å². The number of carbonyl (C=O) groups is 2. The van der Waals surface area contributed by atoms with E-state index in [0.717, 1.165) is 12.2 Å². The molecule has 0 aliphatic carbocycles. The third-order valence-electron chi connectivity index (χ3n) is 3.29. The summed E-state index contributed by atoms with van der Waals surface area (Å²) in [6.07, 6.45) is 0.726. The molecule has 5 nitrogen and oxygen atoms in total. The zero-order chi connectivity index (χ0) is 13.7. The number of nitrogens with one attached hydrogen (secondary N) is 1. The maximum atomic E-state index is 12.0. The number of thioether (sulfide) groups is 1. The summed E-state index contributed by atoms with van der Waals surface area (Å²) in [5.74, 6) is -0.115. The quantitative estimate of drug-likeness (QED) is 0.817. The van der Waals surface area contributed by atoms with Crippen molar-refractivity contribution in [1.82, 2.24) is 10.2 Å². The van der Waals surface area contributed by atoms with Gasteiger partial charge in [0.15, 0.2) is 0 Å². The SMILES string of the molecule is CCC(C)C(NC(=O)N1CCSC(C)C1)C(=O)O. The molecule has 3 atom stereocenters. The number of carbonyl (C=O) groups excluding carboxylic acids is 1. The molecule has 3 unspecified atom stereocenters. The van der Waals surface area contributed by atoms with Gasteiger partial charge in [0.1, 0.15) is 6.04 Å². The molecular formula is C12H22N2O3S. The van der Waals surface area contributed by atoms with Crippen molar-refractivity contribution in [2.24, 2.45) is 5.92 Å². The molecule has 0 aromatic heterocycles. The van der Waals surface area contributed by atoms with E-state index in [0.29, 0.717) is 18.3 Å². The van der Waals surface area contributed by atoms with Crippen molar-refractivity contribution in [2.75, 3.05) is 18.8 Å². The fraction of sp³-hybridized carbons (Fsp3) is 0.833. The van der Waals surface area contributed by atoms with Crippen LogP contribution in [0.15, 0.2) is 0 Å². The molecule has 1 fully saturated rings. The van der Waals surface area contributed by atoms with Crippen molar-refractivity contribution >= 4 is 23.8 Å². The summed E-state index contributed by atoms with van der Waals surface area (Å²) < 4.78 is 0. The Morgan fingerprint density at radius 2 is 2.22 bits per heavy atom. The summed E-state index contributed by atoms with van der Waals surface area (Å²) in [6.45, 7) is 7.21. The summed E-state index contributed by atoms with van der Waals surface area (Å²) in [7, 11) is 0. The van der Waals surface area contributed by atoms with Crippen LogP contribution in [-0.4, -0.2) is 52.1 Å². The van der Waals surface area contributed by atoms with Crippen LogP contribution in [0.25, 0.3) is 0 Å².